The number of rotatable bonds is 2. The molecule has 4 N–H and O–H groups in total. The van der Waals surface area contributed by atoms with Crippen molar-refractivity contribution in [3.63, 3.8) is 0 Å². The minimum absolute atomic E-state index is 0.143. The number of amides is 1. The molecule has 0 heterocycles. The maximum atomic E-state index is 12.0. The number of aliphatic hydroxyl groups excluding tert-OH is 1. The predicted octanol–water partition coefficient (Wildman–Crippen LogP) is 1.13. The Morgan fingerprint density at radius 3 is 2.39 bits per heavy atom. The van der Waals surface area contributed by atoms with E-state index in [1.807, 2.05) is 0 Å². The number of aromatic hydroxyl groups is 2. The van der Waals surface area contributed by atoms with Gasteiger partial charge in [-0.25, -0.2) is 0 Å². The molecule has 0 aromatic heterocycles. The van der Waals surface area contributed by atoms with Crippen LogP contribution in [0.25, 0.3) is 0 Å². The smallest absolute Gasteiger partial charge is 0.259 e. The second-order valence-corrected chi connectivity index (χ2v) is 4.60. The molecule has 1 aromatic rings. The monoisotopic (exact) mass is 251 g/mol. The summed E-state index contributed by atoms with van der Waals surface area (Å²) in [5.41, 5.74) is -0.143. The van der Waals surface area contributed by atoms with Gasteiger partial charge in [0, 0.05) is 0 Å². The molecule has 0 radical (unpaired) electrons. The Kier molecular flexibility index (Phi) is 3.72. The third-order valence-electron chi connectivity index (χ3n) is 3.29. The highest BCUT2D eigenvalue weighted by molar-refractivity contribution is 5.99. The lowest BCUT2D eigenvalue weighted by molar-refractivity contribution is 0.0713. The summed E-state index contributed by atoms with van der Waals surface area (Å²) in [6.07, 6.45) is 2.72. The molecule has 1 aliphatic carbocycles. The number of hydrogen-bond donors (Lipinski definition) is 4. The van der Waals surface area contributed by atoms with Gasteiger partial charge in [0.05, 0.1) is 12.1 Å². The predicted molar refractivity (Wildman–Crippen MR) is 65.5 cm³/mol. The SMILES string of the molecule is O=C(N[C@@H]1CCCC[C@H]1O)c1c(O)cccc1O. The fourth-order valence-electron chi connectivity index (χ4n) is 2.28. The van der Waals surface area contributed by atoms with Gasteiger partial charge in [0.1, 0.15) is 17.1 Å². The Labute approximate surface area is 105 Å². The molecule has 0 bridgehead atoms. The van der Waals surface area contributed by atoms with E-state index in [0.29, 0.717) is 12.8 Å². The molecular weight excluding hydrogens is 234 g/mol. The van der Waals surface area contributed by atoms with Crippen molar-refractivity contribution in [1.82, 2.24) is 5.32 Å². The van der Waals surface area contributed by atoms with Crippen LogP contribution < -0.4 is 5.32 Å². The number of phenols is 2. The minimum Gasteiger partial charge on any atom is -0.507 e. The van der Waals surface area contributed by atoms with E-state index in [-0.39, 0.29) is 23.1 Å². The molecule has 2 rings (SSSR count). The quantitative estimate of drug-likeness (QED) is 0.634. The van der Waals surface area contributed by atoms with Crippen molar-refractivity contribution < 1.29 is 20.1 Å². The van der Waals surface area contributed by atoms with Gasteiger partial charge in [-0.1, -0.05) is 18.9 Å². The zero-order valence-corrected chi connectivity index (χ0v) is 9.97. The zero-order chi connectivity index (χ0) is 13.1. The molecule has 0 saturated heterocycles. The second-order valence-electron chi connectivity index (χ2n) is 4.60. The van der Waals surface area contributed by atoms with Crippen LogP contribution in [0.3, 0.4) is 0 Å². The van der Waals surface area contributed by atoms with E-state index < -0.39 is 12.0 Å². The highest BCUT2D eigenvalue weighted by Gasteiger charge is 2.26. The summed E-state index contributed by atoms with van der Waals surface area (Å²) in [5.74, 6) is -1.09. The van der Waals surface area contributed by atoms with E-state index in [1.165, 1.54) is 18.2 Å². The third-order valence-corrected chi connectivity index (χ3v) is 3.29. The second kappa shape index (κ2) is 5.27. The summed E-state index contributed by atoms with van der Waals surface area (Å²) in [4.78, 5) is 12.0. The van der Waals surface area contributed by atoms with E-state index in [2.05, 4.69) is 5.32 Å². The van der Waals surface area contributed by atoms with Crippen LogP contribution >= 0.6 is 0 Å². The van der Waals surface area contributed by atoms with Crippen molar-refractivity contribution in [2.24, 2.45) is 0 Å². The number of phenolic OH excluding ortho intramolecular Hbond substituents is 2. The molecule has 98 valence electrons. The van der Waals surface area contributed by atoms with Crippen molar-refractivity contribution in [3.8, 4) is 11.5 Å². The summed E-state index contributed by atoms with van der Waals surface area (Å²) in [6.45, 7) is 0. The first kappa shape index (κ1) is 12.7. The number of nitrogens with one attached hydrogen (secondary N) is 1. The van der Waals surface area contributed by atoms with E-state index >= 15 is 0 Å². The highest BCUT2D eigenvalue weighted by atomic mass is 16.3. The van der Waals surface area contributed by atoms with Gasteiger partial charge in [-0.05, 0) is 25.0 Å². The molecule has 0 spiro atoms. The normalized spacial score (nSPS) is 23.6. The first-order chi connectivity index (χ1) is 8.59. The van der Waals surface area contributed by atoms with Gasteiger partial charge < -0.3 is 20.6 Å². The molecule has 1 fully saturated rings. The third kappa shape index (κ3) is 2.56. The molecule has 2 atom stereocenters. The van der Waals surface area contributed by atoms with Crippen LogP contribution in [0.1, 0.15) is 36.0 Å². The van der Waals surface area contributed by atoms with Crippen molar-refractivity contribution in [1.29, 1.82) is 0 Å². The highest BCUT2D eigenvalue weighted by Crippen LogP contribution is 2.27. The maximum absolute atomic E-state index is 12.0. The van der Waals surface area contributed by atoms with Gasteiger partial charge in [0.15, 0.2) is 0 Å². The van der Waals surface area contributed by atoms with Gasteiger partial charge in [-0.15, -0.1) is 0 Å². The molecule has 1 aliphatic rings. The van der Waals surface area contributed by atoms with E-state index in [1.54, 1.807) is 0 Å². The number of benzene rings is 1. The van der Waals surface area contributed by atoms with Gasteiger partial charge in [0.25, 0.3) is 5.91 Å². The summed E-state index contributed by atoms with van der Waals surface area (Å²) in [7, 11) is 0. The Bertz CT molecular complexity index is 426. The molecule has 0 aliphatic heterocycles. The molecule has 0 unspecified atom stereocenters. The van der Waals surface area contributed by atoms with Crippen LogP contribution in [-0.4, -0.2) is 33.4 Å². The van der Waals surface area contributed by atoms with Crippen molar-refractivity contribution >= 4 is 5.91 Å². The van der Waals surface area contributed by atoms with Crippen LogP contribution in [0.4, 0.5) is 0 Å². The van der Waals surface area contributed by atoms with Gasteiger partial charge >= 0.3 is 0 Å². The summed E-state index contributed by atoms with van der Waals surface area (Å²) >= 11 is 0. The van der Waals surface area contributed by atoms with Crippen molar-refractivity contribution in [3.05, 3.63) is 23.8 Å². The minimum atomic E-state index is -0.560. The number of carbonyl (C=O) groups excluding carboxylic acids is 1. The first-order valence-electron chi connectivity index (χ1n) is 6.09. The number of aliphatic hydroxyl groups is 1. The molecule has 18 heavy (non-hydrogen) atoms. The molecule has 1 aromatic carbocycles. The summed E-state index contributed by atoms with van der Waals surface area (Å²) in [6, 6.07) is 3.82. The van der Waals surface area contributed by atoms with E-state index in [0.717, 1.165) is 12.8 Å². The van der Waals surface area contributed by atoms with Crippen LogP contribution in [0.5, 0.6) is 11.5 Å². The van der Waals surface area contributed by atoms with Crippen molar-refractivity contribution in [2.45, 2.75) is 37.8 Å². The molecule has 5 nitrogen and oxygen atoms in total. The number of hydrogen-bond acceptors (Lipinski definition) is 4. The largest absolute Gasteiger partial charge is 0.507 e. The standard InChI is InChI=1S/C13H17NO4/c15-9-5-2-1-4-8(9)14-13(18)12-10(16)6-3-7-11(12)17/h3,6-9,15-17H,1-2,4-5H2,(H,14,18)/t8-,9-/m1/s1. The summed E-state index contributed by atoms with van der Waals surface area (Å²) in [5, 5.41) is 31.6. The maximum Gasteiger partial charge on any atom is 0.259 e. The molecule has 5 heteroatoms. The average Bonchev–Trinajstić information content (AvgIpc) is 2.32. The van der Waals surface area contributed by atoms with Gasteiger partial charge in [-0.2, -0.15) is 0 Å². The van der Waals surface area contributed by atoms with Gasteiger partial charge in [-0.3, -0.25) is 4.79 Å². The lowest BCUT2D eigenvalue weighted by Crippen LogP contribution is -2.45. The van der Waals surface area contributed by atoms with E-state index in [4.69, 9.17) is 0 Å². The van der Waals surface area contributed by atoms with Crippen LogP contribution in [0.15, 0.2) is 18.2 Å². The van der Waals surface area contributed by atoms with Crippen LogP contribution in [0.2, 0.25) is 0 Å². The van der Waals surface area contributed by atoms with Crippen molar-refractivity contribution in [2.75, 3.05) is 0 Å². The van der Waals surface area contributed by atoms with Crippen LogP contribution in [0, 0.1) is 0 Å². The number of carbonyl (C=O) groups is 1. The van der Waals surface area contributed by atoms with Gasteiger partial charge in [0.2, 0.25) is 0 Å². The van der Waals surface area contributed by atoms with Crippen LogP contribution in [-0.2, 0) is 0 Å². The lowest BCUT2D eigenvalue weighted by Gasteiger charge is -2.28. The molecule has 1 amide bonds. The zero-order valence-electron chi connectivity index (χ0n) is 9.97. The molecule has 1 saturated carbocycles. The Balaban J connectivity index is 2.12. The topological polar surface area (TPSA) is 89.8 Å². The Morgan fingerprint density at radius 1 is 1.17 bits per heavy atom. The molecular formula is C13H17NO4. The fraction of sp³-hybridized carbons (Fsp3) is 0.462. The van der Waals surface area contributed by atoms with E-state index in [9.17, 15) is 20.1 Å². The Morgan fingerprint density at radius 2 is 1.78 bits per heavy atom. The Hall–Kier alpha value is -1.75. The summed E-state index contributed by atoms with van der Waals surface area (Å²) < 4.78 is 0. The average molecular weight is 251 g/mol. The fourth-order valence-corrected chi connectivity index (χ4v) is 2.28. The first-order valence-corrected chi connectivity index (χ1v) is 6.09. The lowest BCUT2D eigenvalue weighted by atomic mass is 9.92.